The lowest BCUT2D eigenvalue weighted by Crippen LogP contribution is -2.21. The highest BCUT2D eigenvalue weighted by atomic mass is 19.2. The average Bonchev–Trinajstić information content (AvgIpc) is 2.69. The Hall–Kier alpha value is -3.62. The fourth-order valence-electron chi connectivity index (χ4n) is 2.75. The van der Waals surface area contributed by atoms with E-state index in [4.69, 9.17) is 10.1 Å². The monoisotopic (exact) mass is 402 g/mol. The Labute approximate surface area is 164 Å². The van der Waals surface area contributed by atoms with Crippen LogP contribution in [0.1, 0.15) is 16.7 Å². The van der Waals surface area contributed by atoms with Gasteiger partial charge in [0.1, 0.15) is 5.75 Å². The molecule has 0 fully saturated rings. The van der Waals surface area contributed by atoms with Crippen LogP contribution < -0.4 is 15.6 Å². The van der Waals surface area contributed by atoms with Gasteiger partial charge in [0.2, 0.25) is 5.95 Å². The van der Waals surface area contributed by atoms with Crippen LogP contribution >= 0.6 is 0 Å². The van der Waals surface area contributed by atoms with Gasteiger partial charge in [0, 0.05) is 18.1 Å². The van der Waals surface area contributed by atoms with Crippen molar-refractivity contribution < 1.29 is 17.9 Å². The highest BCUT2D eigenvalue weighted by molar-refractivity contribution is 5.76. The second-order valence-electron chi connectivity index (χ2n) is 6.28. The van der Waals surface area contributed by atoms with Crippen LogP contribution in [-0.4, -0.2) is 22.9 Å². The first-order chi connectivity index (χ1) is 13.8. The minimum Gasteiger partial charge on any atom is -0.497 e. The van der Waals surface area contributed by atoms with Gasteiger partial charge in [-0.2, -0.15) is 4.98 Å². The number of hydrogen-bond donors (Lipinski definition) is 2. The summed E-state index contributed by atoms with van der Waals surface area (Å²) >= 11 is 0. The van der Waals surface area contributed by atoms with Crippen molar-refractivity contribution in [1.29, 1.82) is 5.41 Å². The Morgan fingerprint density at radius 2 is 1.90 bits per heavy atom. The molecule has 0 amide bonds. The molecule has 0 aliphatic rings. The van der Waals surface area contributed by atoms with Gasteiger partial charge in [-0.05, 0) is 48.4 Å². The number of ether oxygens (including phenoxy) is 1. The van der Waals surface area contributed by atoms with E-state index in [1.54, 1.807) is 18.2 Å². The van der Waals surface area contributed by atoms with Crippen LogP contribution in [0.3, 0.4) is 0 Å². The molecule has 1 heterocycles. The quantitative estimate of drug-likeness (QED) is 0.486. The first kappa shape index (κ1) is 20.1. The fraction of sp³-hybridized carbons (Fsp3) is 0.150. The number of rotatable bonds is 6. The summed E-state index contributed by atoms with van der Waals surface area (Å²) < 4.78 is 46.9. The number of hydrogen-bond acceptors (Lipinski definition) is 5. The van der Waals surface area contributed by atoms with Crippen LogP contribution in [0.15, 0.2) is 41.3 Å². The standard InChI is InChI=1S/C20H17F3N4O2/c1-11-5-14(29-2)3-4-17(11)25-20-26-19(28)13(8-24)10-27(20)9-12-6-15(21)18(23)16(22)7-12/h3-8,10,24H,9H2,1-2H3,(H,25,26,28). The summed E-state index contributed by atoms with van der Waals surface area (Å²) in [6.07, 6.45) is 2.17. The lowest BCUT2D eigenvalue weighted by atomic mass is 10.2. The van der Waals surface area contributed by atoms with Crippen LogP contribution in [0.5, 0.6) is 5.75 Å². The van der Waals surface area contributed by atoms with E-state index in [9.17, 15) is 18.0 Å². The molecule has 0 saturated carbocycles. The predicted octanol–water partition coefficient (Wildman–Crippen LogP) is 3.77. The molecule has 0 bridgehead atoms. The van der Waals surface area contributed by atoms with E-state index < -0.39 is 23.0 Å². The van der Waals surface area contributed by atoms with Crippen molar-refractivity contribution in [2.75, 3.05) is 12.4 Å². The Kier molecular flexibility index (Phi) is 5.67. The van der Waals surface area contributed by atoms with Gasteiger partial charge < -0.3 is 20.0 Å². The van der Waals surface area contributed by atoms with Gasteiger partial charge in [0.05, 0.1) is 19.2 Å². The number of nitrogens with zero attached hydrogens (tertiary/aromatic N) is 2. The average molecular weight is 402 g/mol. The minimum absolute atomic E-state index is 0.00921. The summed E-state index contributed by atoms with van der Waals surface area (Å²) in [5.41, 5.74) is 0.911. The Morgan fingerprint density at radius 3 is 2.48 bits per heavy atom. The zero-order valence-corrected chi connectivity index (χ0v) is 15.6. The second-order valence-corrected chi connectivity index (χ2v) is 6.28. The van der Waals surface area contributed by atoms with Crippen LogP contribution in [-0.2, 0) is 6.54 Å². The molecule has 6 nitrogen and oxygen atoms in total. The van der Waals surface area contributed by atoms with E-state index in [0.29, 0.717) is 11.4 Å². The van der Waals surface area contributed by atoms with Gasteiger partial charge in [-0.1, -0.05) is 0 Å². The number of methoxy groups -OCH3 is 1. The van der Waals surface area contributed by atoms with Crippen molar-refractivity contribution in [2.24, 2.45) is 0 Å². The van der Waals surface area contributed by atoms with E-state index in [2.05, 4.69) is 10.3 Å². The minimum atomic E-state index is -1.56. The van der Waals surface area contributed by atoms with Crippen molar-refractivity contribution in [3.05, 3.63) is 81.0 Å². The summed E-state index contributed by atoms with van der Waals surface area (Å²) in [7, 11) is 1.54. The maximum atomic E-state index is 13.6. The number of halogens is 3. The van der Waals surface area contributed by atoms with Crippen LogP contribution in [0.2, 0.25) is 0 Å². The van der Waals surface area contributed by atoms with E-state index in [0.717, 1.165) is 23.9 Å². The van der Waals surface area contributed by atoms with Crippen molar-refractivity contribution in [1.82, 2.24) is 9.55 Å². The predicted molar refractivity (Wildman–Crippen MR) is 103 cm³/mol. The van der Waals surface area contributed by atoms with E-state index in [1.807, 2.05) is 6.92 Å². The van der Waals surface area contributed by atoms with Gasteiger partial charge in [-0.3, -0.25) is 4.79 Å². The van der Waals surface area contributed by atoms with E-state index in [-0.39, 0.29) is 23.6 Å². The molecule has 2 N–H and O–H groups in total. The molecule has 3 rings (SSSR count). The number of anilines is 2. The van der Waals surface area contributed by atoms with Gasteiger partial charge in [-0.15, -0.1) is 0 Å². The molecule has 1 aromatic heterocycles. The molecule has 0 saturated heterocycles. The van der Waals surface area contributed by atoms with Gasteiger partial charge in [-0.25, -0.2) is 13.2 Å². The summed E-state index contributed by atoms with van der Waals surface area (Å²) in [5.74, 6) is -3.45. The van der Waals surface area contributed by atoms with Crippen LogP contribution in [0.25, 0.3) is 0 Å². The zero-order valence-electron chi connectivity index (χ0n) is 15.6. The number of aryl methyl sites for hydroxylation is 1. The number of aromatic nitrogens is 2. The molecule has 0 radical (unpaired) electrons. The highest BCUT2D eigenvalue weighted by Crippen LogP contribution is 2.24. The number of nitrogens with one attached hydrogen (secondary N) is 2. The van der Waals surface area contributed by atoms with Crippen molar-refractivity contribution in [2.45, 2.75) is 13.5 Å². The Bertz CT molecular complexity index is 1120. The fourth-order valence-corrected chi connectivity index (χ4v) is 2.75. The summed E-state index contributed by atoms with van der Waals surface area (Å²) in [5, 5.41) is 10.4. The van der Waals surface area contributed by atoms with Crippen molar-refractivity contribution in [3.63, 3.8) is 0 Å². The molecular formula is C20H17F3N4O2. The molecule has 3 aromatic rings. The molecule has 0 spiro atoms. The van der Waals surface area contributed by atoms with Crippen molar-refractivity contribution >= 4 is 17.9 Å². The van der Waals surface area contributed by atoms with Gasteiger partial charge in [0.15, 0.2) is 17.5 Å². The lowest BCUT2D eigenvalue weighted by Gasteiger charge is -2.16. The van der Waals surface area contributed by atoms with Gasteiger partial charge in [0.25, 0.3) is 5.56 Å². The third-order valence-electron chi connectivity index (χ3n) is 4.25. The smallest absolute Gasteiger partial charge is 0.283 e. The SMILES string of the molecule is COc1ccc(Nc2nc(=O)c(C=N)cn2Cc2cc(F)c(F)c(F)c2)c(C)c1. The molecule has 0 atom stereocenters. The molecule has 9 heteroatoms. The highest BCUT2D eigenvalue weighted by Gasteiger charge is 2.14. The summed E-state index contributed by atoms with van der Waals surface area (Å²) in [4.78, 5) is 16.0. The zero-order chi connectivity index (χ0) is 21.1. The first-order valence-electron chi connectivity index (χ1n) is 8.49. The maximum absolute atomic E-state index is 13.6. The van der Waals surface area contributed by atoms with Crippen molar-refractivity contribution in [3.8, 4) is 5.75 Å². The summed E-state index contributed by atoms with van der Waals surface area (Å²) in [6, 6.07) is 6.95. The second kappa shape index (κ2) is 8.17. The molecule has 0 aliphatic heterocycles. The molecule has 150 valence electrons. The normalized spacial score (nSPS) is 10.7. The topological polar surface area (TPSA) is 80.0 Å². The molecule has 0 aliphatic carbocycles. The number of benzene rings is 2. The largest absolute Gasteiger partial charge is 0.497 e. The molecular weight excluding hydrogens is 385 g/mol. The maximum Gasteiger partial charge on any atom is 0.283 e. The van der Waals surface area contributed by atoms with Gasteiger partial charge >= 0.3 is 0 Å². The lowest BCUT2D eigenvalue weighted by molar-refractivity contribution is 0.414. The first-order valence-corrected chi connectivity index (χ1v) is 8.49. The van der Waals surface area contributed by atoms with E-state index >= 15 is 0 Å². The molecule has 29 heavy (non-hydrogen) atoms. The van der Waals surface area contributed by atoms with E-state index in [1.165, 1.54) is 17.9 Å². The third kappa shape index (κ3) is 4.29. The Morgan fingerprint density at radius 1 is 1.21 bits per heavy atom. The third-order valence-corrected chi connectivity index (χ3v) is 4.25. The summed E-state index contributed by atoms with van der Waals surface area (Å²) in [6.45, 7) is 1.71. The molecule has 2 aromatic carbocycles. The Balaban J connectivity index is 2.04. The molecule has 0 unspecified atom stereocenters. The van der Waals surface area contributed by atoms with Crippen LogP contribution in [0.4, 0.5) is 24.8 Å². The van der Waals surface area contributed by atoms with Crippen LogP contribution in [0, 0.1) is 29.8 Å².